The number of H-pyrrole nitrogens is 1. The summed E-state index contributed by atoms with van der Waals surface area (Å²) < 4.78 is 5.23. The molecule has 0 bridgehead atoms. The van der Waals surface area contributed by atoms with Crippen LogP contribution in [0.5, 0.6) is 5.75 Å². The molecule has 0 spiro atoms. The van der Waals surface area contributed by atoms with Crippen LogP contribution in [0.15, 0.2) is 18.2 Å². The van der Waals surface area contributed by atoms with Gasteiger partial charge in [0.2, 0.25) is 0 Å². The Morgan fingerprint density at radius 3 is 2.65 bits per heavy atom. The number of rotatable bonds is 3. The van der Waals surface area contributed by atoms with E-state index >= 15 is 0 Å². The molecule has 0 aliphatic rings. The normalized spacial score (nSPS) is 11.1. The molecule has 0 aliphatic heterocycles. The molecular formula is C13H15NO3. The topological polar surface area (TPSA) is 62.3 Å². The quantitative estimate of drug-likeness (QED) is 0.856. The molecule has 0 amide bonds. The average Bonchev–Trinajstić information content (AvgIpc) is 2.67. The van der Waals surface area contributed by atoms with Crippen LogP contribution in [0.3, 0.4) is 0 Å². The molecular weight excluding hydrogens is 218 g/mol. The highest BCUT2D eigenvalue weighted by molar-refractivity contribution is 5.99. The minimum Gasteiger partial charge on any atom is -0.495 e. The first-order valence-corrected chi connectivity index (χ1v) is 5.48. The molecule has 0 fully saturated rings. The Morgan fingerprint density at radius 1 is 1.41 bits per heavy atom. The highest BCUT2D eigenvalue weighted by Gasteiger charge is 2.20. The van der Waals surface area contributed by atoms with Crippen molar-refractivity contribution in [2.45, 2.75) is 19.8 Å². The second kappa shape index (κ2) is 4.13. The van der Waals surface area contributed by atoms with Crippen LogP contribution in [0.25, 0.3) is 10.9 Å². The summed E-state index contributed by atoms with van der Waals surface area (Å²) in [5, 5.41) is 10.1. The molecule has 1 aromatic carbocycles. The predicted octanol–water partition coefficient (Wildman–Crippen LogP) is 3.00. The average molecular weight is 233 g/mol. The summed E-state index contributed by atoms with van der Waals surface area (Å²) in [5.74, 6) is -0.134. The number of fused-ring (bicyclic) bond motifs is 1. The zero-order chi connectivity index (χ0) is 12.6. The van der Waals surface area contributed by atoms with E-state index in [0.717, 1.165) is 16.5 Å². The van der Waals surface area contributed by atoms with Crippen molar-refractivity contribution < 1.29 is 14.6 Å². The van der Waals surface area contributed by atoms with E-state index < -0.39 is 5.97 Å². The number of aromatic nitrogens is 1. The van der Waals surface area contributed by atoms with Gasteiger partial charge >= 0.3 is 5.97 Å². The van der Waals surface area contributed by atoms with Gasteiger partial charge in [-0.05, 0) is 17.5 Å². The zero-order valence-electron chi connectivity index (χ0n) is 10.1. The Bertz CT molecular complexity index is 569. The van der Waals surface area contributed by atoms with Crippen LogP contribution in [0, 0.1) is 0 Å². The van der Waals surface area contributed by atoms with Crippen molar-refractivity contribution in [1.29, 1.82) is 0 Å². The number of hydrogen-bond donors (Lipinski definition) is 2. The van der Waals surface area contributed by atoms with Gasteiger partial charge in [0.1, 0.15) is 11.4 Å². The number of methoxy groups -OCH3 is 1. The van der Waals surface area contributed by atoms with E-state index in [-0.39, 0.29) is 11.6 Å². The maximum Gasteiger partial charge on any atom is 0.352 e. The second-order valence-electron chi connectivity index (χ2n) is 4.26. The number of benzene rings is 1. The molecule has 0 atom stereocenters. The monoisotopic (exact) mass is 233 g/mol. The molecule has 1 aromatic heterocycles. The van der Waals surface area contributed by atoms with E-state index in [9.17, 15) is 9.90 Å². The molecule has 0 radical (unpaired) electrons. The number of para-hydroxylation sites is 1. The number of aromatic carboxylic acids is 1. The largest absolute Gasteiger partial charge is 0.495 e. The van der Waals surface area contributed by atoms with E-state index in [1.807, 2.05) is 32.0 Å². The van der Waals surface area contributed by atoms with Crippen molar-refractivity contribution in [2.24, 2.45) is 0 Å². The van der Waals surface area contributed by atoms with Crippen LogP contribution in [0.2, 0.25) is 0 Å². The van der Waals surface area contributed by atoms with Gasteiger partial charge in [-0.2, -0.15) is 0 Å². The number of hydrogen-bond acceptors (Lipinski definition) is 2. The minimum atomic E-state index is -0.938. The van der Waals surface area contributed by atoms with Crippen LogP contribution in [-0.4, -0.2) is 23.2 Å². The number of carboxylic acids is 1. The van der Waals surface area contributed by atoms with E-state index in [4.69, 9.17) is 4.74 Å². The highest BCUT2D eigenvalue weighted by atomic mass is 16.5. The lowest BCUT2D eigenvalue weighted by molar-refractivity contribution is 0.0690. The number of aromatic amines is 1. The van der Waals surface area contributed by atoms with Gasteiger partial charge in [0.15, 0.2) is 0 Å². The van der Waals surface area contributed by atoms with Gasteiger partial charge in [-0.15, -0.1) is 0 Å². The molecule has 0 saturated heterocycles. The van der Waals surface area contributed by atoms with Crippen LogP contribution < -0.4 is 4.74 Å². The van der Waals surface area contributed by atoms with Gasteiger partial charge in [-0.1, -0.05) is 26.0 Å². The SMILES string of the molecule is COc1cccc2c(C(C)C)c(C(=O)O)[nH]c12. The van der Waals surface area contributed by atoms with Gasteiger partial charge in [-0.3, -0.25) is 0 Å². The molecule has 1 heterocycles. The van der Waals surface area contributed by atoms with Gasteiger partial charge in [-0.25, -0.2) is 4.79 Å². The lowest BCUT2D eigenvalue weighted by Gasteiger charge is -2.05. The van der Waals surface area contributed by atoms with Gasteiger partial charge in [0.05, 0.1) is 12.6 Å². The summed E-state index contributed by atoms with van der Waals surface area (Å²) in [6, 6.07) is 5.59. The zero-order valence-corrected chi connectivity index (χ0v) is 10.1. The summed E-state index contributed by atoms with van der Waals surface area (Å²) in [4.78, 5) is 14.2. The highest BCUT2D eigenvalue weighted by Crippen LogP contribution is 2.33. The third-order valence-corrected chi connectivity index (χ3v) is 2.85. The fourth-order valence-corrected chi connectivity index (χ4v) is 2.15. The van der Waals surface area contributed by atoms with Gasteiger partial charge < -0.3 is 14.8 Å². The molecule has 90 valence electrons. The Hall–Kier alpha value is -1.97. The van der Waals surface area contributed by atoms with Crippen LogP contribution in [0.1, 0.15) is 35.8 Å². The lowest BCUT2D eigenvalue weighted by Crippen LogP contribution is -2.02. The molecule has 0 aliphatic carbocycles. The van der Waals surface area contributed by atoms with Gasteiger partial charge in [0, 0.05) is 5.39 Å². The van der Waals surface area contributed by atoms with Crippen LogP contribution in [0.4, 0.5) is 0 Å². The van der Waals surface area contributed by atoms with E-state index in [1.54, 1.807) is 7.11 Å². The maximum absolute atomic E-state index is 11.2. The first-order valence-electron chi connectivity index (χ1n) is 5.48. The smallest absolute Gasteiger partial charge is 0.352 e. The summed E-state index contributed by atoms with van der Waals surface area (Å²) in [7, 11) is 1.57. The lowest BCUT2D eigenvalue weighted by atomic mass is 9.99. The third-order valence-electron chi connectivity index (χ3n) is 2.85. The Kier molecular flexibility index (Phi) is 2.79. The summed E-state index contributed by atoms with van der Waals surface area (Å²) in [6.07, 6.45) is 0. The first kappa shape index (κ1) is 11.5. The fourth-order valence-electron chi connectivity index (χ4n) is 2.15. The first-order chi connectivity index (χ1) is 8.06. The second-order valence-corrected chi connectivity index (χ2v) is 4.26. The Labute approximate surface area is 99.2 Å². The molecule has 4 nitrogen and oxygen atoms in total. The van der Waals surface area contributed by atoms with E-state index in [2.05, 4.69) is 4.98 Å². The number of ether oxygens (including phenoxy) is 1. The summed E-state index contributed by atoms with van der Waals surface area (Å²) in [5.41, 5.74) is 1.82. The van der Waals surface area contributed by atoms with Crippen molar-refractivity contribution in [3.8, 4) is 5.75 Å². The van der Waals surface area contributed by atoms with E-state index in [0.29, 0.717) is 5.75 Å². The maximum atomic E-state index is 11.2. The molecule has 4 heteroatoms. The fraction of sp³-hybridized carbons (Fsp3) is 0.308. The van der Waals surface area contributed by atoms with Crippen molar-refractivity contribution in [3.05, 3.63) is 29.5 Å². The van der Waals surface area contributed by atoms with Crippen molar-refractivity contribution in [2.75, 3.05) is 7.11 Å². The third kappa shape index (κ3) is 1.75. The molecule has 0 unspecified atom stereocenters. The minimum absolute atomic E-state index is 0.141. The Balaban J connectivity index is 2.83. The van der Waals surface area contributed by atoms with Gasteiger partial charge in [0.25, 0.3) is 0 Å². The van der Waals surface area contributed by atoms with Crippen LogP contribution >= 0.6 is 0 Å². The summed E-state index contributed by atoms with van der Waals surface area (Å²) in [6.45, 7) is 3.96. The molecule has 17 heavy (non-hydrogen) atoms. The standard InChI is InChI=1S/C13H15NO3/c1-7(2)10-8-5-4-6-9(17-3)11(8)14-12(10)13(15)16/h4-7,14H,1-3H3,(H,15,16). The van der Waals surface area contributed by atoms with Crippen molar-refractivity contribution in [1.82, 2.24) is 4.98 Å². The summed E-state index contributed by atoms with van der Waals surface area (Å²) >= 11 is 0. The number of carboxylic acid groups (broad SMARTS) is 1. The molecule has 2 rings (SSSR count). The van der Waals surface area contributed by atoms with E-state index in [1.165, 1.54) is 0 Å². The number of carbonyl (C=O) groups is 1. The van der Waals surface area contributed by atoms with Crippen molar-refractivity contribution >= 4 is 16.9 Å². The number of nitrogens with one attached hydrogen (secondary N) is 1. The predicted molar refractivity (Wildman–Crippen MR) is 65.9 cm³/mol. The van der Waals surface area contributed by atoms with Crippen molar-refractivity contribution in [3.63, 3.8) is 0 Å². The molecule has 0 saturated carbocycles. The molecule has 2 N–H and O–H groups in total. The molecule has 2 aromatic rings. The Morgan fingerprint density at radius 2 is 2.12 bits per heavy atom. The van der Waals surface area contributed by atoms with Crippen LogP contribution in [-0.2, 0) is 0 Å².